The van der Waals surface area contributed by atoms with E-state index < -0.39 is 0 Å². The molecule has 0 amide bonds. The highest BCUT2D eigenvalue weighted by Gasteiger charge is 2.05. The fourth-order valence-electron chi connectivity index (χ4n) is 2.67. The third kappa shape index (κ3) is 4.34. The molecule has 1 N–H and O–H groups in total. The molecule has 0 saturated carbocycles. The highest BCUT2D eigenvalue weighted by Crippen LogP contribution is 2.21. The summed E-state index contributed by atoms with van der Waals surface area (Å²) >= 11 is 5.43. The number of unbranched alkanes of at least 4 members (excludes halogenated alkanes) is 3. The molecule has 0 saturated heterocycles. The summed E-state index contributed by atoms with van der Waals surface area (Å²) in [6.07, 6.45) is 6.46. The lowest BCUT2D eigenvalue weighted by Gasteiger charge is -2.06. The van der Waals surface area contributed by atoms with Crippen LogP contribution in [-0.2, 0) is 6.54 Å². The van der Waals surface area contributed by atoms with Crippen molar-refractivity contribution in [3.63, 3.8) is 0 Å². The molecule has 4 heteroatoms. The van der Waals surface area contributed by atoms with Gasteiger partial charge in [0.15, 0.2) is 4.77 Å². The maximum atomic E-state index is 5.43. The van der Waals surface area contributed by atoms with Crippen molar-refractivity contribution in [3.8, 4) is 5.75 Å². The number of imidazole rings is 1. The van der Waals surface area contributed by atoms with Crippen LogP contribution in [0, 0.1) is 10.7 Å². The Morgan fingerprint density at radius 3 is 2.67 bits per heavy atom. The molecule has 0 fully saturated rings. The van der Waals surface area contributed by atoms with Gasteiger partial charge in [0.2, 0.25) is 0 Å². The topological polar surface area (TPSA) is 29.9 Å². The maximum absolute atomic E-state index is 5.43. The first-order chi connectivity index (χ1) is 10.1. The first-order valence-electron chi connectivity index (χ1n) is 7.88. The van der Waals surface area contributed by atoms with Crippen LogP contribution >= 0.6 is 12.2 Å². The van der Waals surface area contributed by atoms with Crippen molar-refractivity contribution in [2.45, 2.75) is 52.5 Å². The van der Waals surface area contributed by atoms with Gasteiger partial charge in [-0.05, 0) is 36.7 Å². The second-order valence-corrected chi connectivity index (χ2v) is 6.45. The van der Waals surface area contributed by atoms with Crippen molar-refractivity contribution < 1.29 is 4.74 Å². The number of methoxy groups -OCH3 is 1. The van der Waals surface area contributed by atoms with E-state index in [9.17, 15) is 0 Å². The molecule has 0 bridgehead atoms. The van der Waals surface area contributed by atoms with Gasteiger partial charge in [-0.15, -0.1) is 0 Å². The van der Waals surface area contributed by atoms with Crippen LogP contribution < -0.4 is 4.74 Å². The molecule has 2 aromatic rings. The summed E-state index contributed by atoms with van der Waals surface area (Å²) in [7, 11) is 1.68. The number of hydrogen-bond acceptors (Lipinski definition) is 2. The van der Waals surface area contributed by atoms with Crippen LogP contribution in [0.2, 0.25) is 0 Å². The Bertz CT molecular complexity index is 627. The molecule has 0 aliphatic heterocycles. The van der Waals surface area contributed by atoms with E-state index in [4.69, 9.17) is 17.0 Å². The summed E-state index contributed by atoms with van der Waals surface area (Å²) in [5.74, 6) is 1.68. The summed E-state index contributed by atoms with van der Waals surface area (Å²) in [5, 5.41) is 0. The van der Waals surface area contributed by atoms with Gasteiger partial charge in [-0.3, -0.25) is 0 Å². The number of benzene rings is 1. The van der Waals surface area contributed by atoms with Gasteiger partial charge in [0.05, 0.1) is 18.1 Å². The van der Waals surface area contributed by atoms with Crippen LogP contribution in [-0.4, -0.2) is 16.7 Å². The zero-order chi connectivity index (χ0) is 15.2. The minimum atomic E-state index is 0.806. The van der Waals surface area contributed by atoms with E-state index >= 15 is 0 Å². The van der Waals surface area contributed by atoms with Gasteiger partial charge in [0.25, 0.3) is 0 Å². The van der Waals surface area contributed by atoms with Crippen LogP contribution in [0.1, 0.15) is 46.0 Å². The summed E-state index contributed by atoms with van der Waals surface area (Å²) in [4.78, 5) is 3.27. The molecular formula is C17H26N2OS. The molecule has 1 heterocycles. The molecule has 2 rings (SSSR count). The minimum absolute atomic E-state index is 0.806. The van der Waals surface area contributed by atoms with E-state index in [2.05, 4.69) is 29.5 Å². The molecule has 0 aliphatic rings. The number of ether oxygens (including phenoxy) is 1. The second-order valence-electron chi connectivity index (χ2n) is 6.06. The van der Waals surface area contributed by atoms with E-state index in [1.807, 2.05) is 12.1 Å². The van der Waals surface area contributed by atoms with Gasteiger partial charge < -0.3 is 14.3 Å². The first-order valence-corrected chi connectivity index (χ1v) is 8.29. The van der Waals surface area contributed by atoms with Crippen molar-refractivity contribution in [1.29, 1.82) is 0 Å². The van der Waals surface area contributed by atoms with Gasteiger partial charge >= 0.3 is 0 Å². The zero-order valence-electron chi connectivity index (χ0n) is 13.3. The number of aromatic nitrogens is 2. The lowest BCUT2D eigenvalue weighted by molar-refractivity contribution is 0.415. The number of nitrogens with one attached hydrogen (secondary N) is 1. The summed E-state index contributed by atoms with van der Waals surface area (Å²) < 4.78 is 8.26. The molecule has 0 radical (unpaired) electrons. The molecule has 0 atom stereocenters. The highest BCUT2D eigenvalue weighted by atomic mass is 32.1. The van der Waals surface area contributed by atoms with Crippen LogP contribution in [0.3, 0.4) is 0 Å². The van der Waals surface area contributed by atoms with E-state index in [0.29, 0.717) is 0 Å². The number of fused-ring (bicyclic) bond motifs is 1. The standard InChI is InChI=1S/C17H26N2OS/c1-13(2)8-6-4-5-7-11-19-16-10-9-14(20-3)12-15(16)18-17(19)21/h9-10,12-13H,4-8,11H2,1-3H3,(H,18,21). The van der Waals surface area contributed by atoms with Crippen molar-refractivity contribution in [1.82, 2.24) is 9.55 Å². The third-order valence-electron chi connectivity index (χ3n) is 3.89. The van der Waals surface area contributed by atoms with E-state index in [0.717, 1.165) is 28.5 Å². The fraction of sp³-hybridized carbons (Fsp3) is 0.588. The van der Waals surface area contributed by atoms with Crippen molar-refractivity contribution in [2.24, 2.45) is 5.92 Å². The van der Waals surface area contributed by atoms with Crippen LogP contribution in [0.4, 0.5) is 0 Å². The summed E-state index contributed by atoms with van der Waals surface area (Å²) in [6, 6.07) is 6.08. The zero-order valence-corrected chi connectivity index (χ0v) is 14.1. The van der Waals surface area contributed by atoms with E-state index in [-0.39, 0.29) is 0 Å². The largest absolute Gasteiger partial charge is 0.497 e. The van der Waals surface area contributed by atoms with Gasteiger partial charge in [0.1, 0.15) is 5.75 Å². The Hall–Kier alpha value is -1.29. The molecule has 1 aromatic heterocycles. The van der Waals surface area contributed by atoms with Crippen LogP contribution in [0.25, 0.3) is 11.0 Å². The molecule has 0 aliphatic carbocycles. The second kappa shape index (κ2) is 7.64. The molecule has 116 valence electrons. The number of aromatic amines is 1. The monoisotopic (exact) mass is 306 g/mol. The van der Waals surface area contributed by atoms with Crippen LogP contribution in [0.15, 0.2) is 18.2 Å². The lowest BCUT2D eigenvalue weighted by Crippen LogP contribution is -1.98. The number of nitrogens with zero attached hydrogens (tertiary/aromatic N) is 1. The minimum Gasteiger partial charge on any atom is -0.497 e. The Balaban J connectivity index is 1.93. The average Bonchev–Trinajstić information content (AvgIpc) is 2.77. The number of hydrogen-bond donors (Lipinski definition) is 1. The lowest BCUT2D eigenvalue weighted by atomic mass is 10.0. The van der Waals surface area contributed by atoms with Crippen LogP contribution in [0.5, 0.6) is 5.75 Å². The van der Waals surface area contributed by atoms with Crippen molar-refractivity contribution >= 4 is 23.3 Å². The number of H-pyrrole nitrogens is 1. The average molecular weight is 306 g/mol. The Morgan fingerprint density at radius 2 is 1.95 bits per heavy atom. The smallest absolute Gasteiger partial charge is 0.178 e. The molecular weight excluding hydrogens is 280 g/mol. The Kier molecular flexibility index (Phi) is 5.85. The summed E-state index contributed by atoms with van der Waals surface area (Å²) in [6.45, 7) is 5.58. The highest BCUT2D eigenvalue weighted by molar-refractivity contribution is 7.71. The predicted octanol–water partition coefficient (Wildman–Crippen LogP) is 5.31. The van der Waals surface area contributed by atoms with Crippen molar-refractivity contribution in [2.75, 3.05) is 7.11 Å². The molecule has 1 aromatic carbocycles. The molecule has 0 spiro atoms. The van der Waals surface area contributed by atoms with Gasteiger partial charge in [-0.1, -0.05) is 39.5 Å². The number of rotatable bonds is 8. The number of aryl methyl sites for hydroxylation is 1. The third-order valence-corrected chi connectivity index (χ3v) is 4.22. The first kappa shape index (κ1) is 16.1. The normalized spacial score (nSPS) is 11.4. The van der Waals surface area contributed by atoms with Gasteiger partial charge in [-0.2, -0.15) is 0 Å². The van der Waals surface area contributed by atoms with E-state index in [1.165, 1.54) is 37.6 Å². The SMILES string of the molecule is COc1ccc2c(c1)[nH]c(=S)n2CCCCCCC(C)C. The predicted molar refractivity (Wildman–Crippen MR) is 91.6 cm³/mol. The quantitative estimate of drug-likeness (QED) is 0.529. The van der Waals surface area contributed by atoms with E-state index in [1.54, 1.807) is 7.11 Å². The molecule has 0 unspecified atom stereocenters. The Labute approximate surface area is 132 Å². The maximum Gasteiger partial charge on any atom is 0.178 e. The Morgan fingerprint density at radius 1 is 1.19 bits per heavy atom. The molecule has 21 heavy (non-hydrogen) atoms. The summed E-state index contributed by atoms with van der Waals surface area (Å²) in [5.41, 5.74) is 2.22. The fourth-order valence-corrected chi connectivity index (χ4v) is 2.97. The van der Waals surface area contributed by atoms with Gasteiger partial charge in [0, 0.05) is 12.6 Å². The van der Waals surface area contributed by atoms with Crippen molar-refractivity contribution in [3.05, 3.63) is 23.0 Å². The van der Waals surface area contributed by atoms with Gasteiger partial charge in [-0.25, -0.2) is 0 Å². The molecule has 3 nitrogen and oxygen atoms in total.